The lowest BCUT2D eigenvalue weighted by atomic mass is 9.95. The number of aliphatic hydroxyl groups is 1. The first-order valence-electron chi connectivity index (χ1n) is 8.29. The van der Waals surface area contributed by atoms with Crippen molar-refractivity contribution in [2.75, 3.05) is 18.2 Å². The zero-order valence-electron chi connectivity index (χ0n) is 14.3. The minimum absolute atomic E-state index is 0.542. The minimum Gasteiger partial charge on any atom is -0.400 e. The summed E-state index contributed by atoms with van der Waals surface area (Å²) in [7, 11) is 1.00. The van der Waals surface area contributed by atoms with Gasteiger partial charge in [-0.1, -0.05) is 49.0 Å². The van der Waals surface area contributed by atoms with Crippen molar-refractivity contribution in [1.29, 1.82) is 0 Å². The van der Waals surface area contributed by atoms with Gasteiger partial charge in [0, 0.05) is 23.0 Å². The summed E-state index contributed by atoms with van der Waals surface area (Å²) in [5, 5.41) is 11.7. The predicted molar refractivity (Wildman–Crippen MR) is 104 cm³/mol. The van der Waals surface area contributed by atoms with Crippen molar-refractivity contribution in [2.24, 2.45) is 0 Å². The molecule has 1 saturated carbocycles. The Morgan fingerprint density at radius 3 is 2.48 bits per heavy atom. The zero-order valence-corrected chi connectivity index (χ0v) is 15.9. The Balaban J connectivity index is 0.000000615. The van der Waals surface area contributed by atoms with Crippen LogP contribution in [0.15, 0.2) is 28.9 Å². The van der Waals surface area contributed by atoms with Crippen LogP contribution in [0.1, 0.15) is 46.0 Å². The number of halogens is 1. The summed E-state index contributed by atoms with van der Waals surface area (Å²) >= 11 is 3.52. The van der Waals surface area contributed by atoms with Gasteiger partial charge in [0.2, 0.25) is 0 Å². The summed E-state index contributed by atoms with van der Waals surface area (Å²) in [5.41, 5.74) is 8.87. The molecular formula is C18H28BrN3O. The molecular weight excluding hydrogens is 354 g/mol. The van der Waals surface area contributed by atoms with Crippen LogP contribution in [0.25, 0.3) is 10.9 Å². The van der Waals surface area contributed by atoms with Crippen molar-refractivity contribution in [1.82, 2.24) is 4.98 Å². The first-order chi connectivity index (χ1) is 11.2. The predicted octanol–water partition coefficient (Wildman–Crippen LogP) is 4.96. The maximum absolute atomic E-state index is 7.00. The van der Waals surface area contributed by atoms with Crippen LogP contribution in [0.5, 0.6) is 0 Å². The topological polar surface area (TPSA) is 71.2 Å². The second kappa shape index (κ2) is 10.4. The van der Waals surface area contributed by atoms with Gasteiger partial charge in [0.25, 0.3) is 0 Å². The third-order valence-electron chi connectivity index (χ3n) is 3.81. The van der Waals surface area contributed by atoms with Crippen molar-refractivity contribution >= 4 is 38.2 Å². The zero-order chi connectivity index (χ0) is 17.2. The van der Waals surface area contributed by atoms with E-state index in [1.54, 1.807) is 6.20 Å². The number of pyridine rings is 1. The molecule has 3 rings (SSSR count). The molecule has 23 heavy (non-hydrogen) atoms. The highest BCUT2D eigenvalue weighted by Crippen LogP contribution is 2.32. The Labute approximate surface area is 147 Å². The Hall–Kier alpha value is -1.33. The molecule has 1 aromatic heterocycles. The largest absolute Gasteiger partial charge is 0.400 e. The molecule has 4 nitrogen and oxygen atoms in total. The highest BCUT2D eigenvalue weighted by atomic mass is 79.9. The average molecular weight is 382 g/mol. The van der Waals surface area contributed by atoms with E-state index >= 15 is 0 Å². The smallest absolute Gasteiger partial charge is 0.0743 e. The van der Waals surface area contributed by atoms with E-state index in [0.717, 1.165) is 33.9 Å². The van der Waals surface area contributed by atoms with Gasteiger partial charge in [0.05, 0.1) is 23.1 Å². The van der Waals surface area contributed by atoms with Crippen molar-refractivity contribution < 1.29 is 5.11 Å². The number of nitrogens with one attached hydrogen (secondary N) is 1. The lowest BCUT2D eigenvalue weighted by Gasteiger charge is -2.25. The molecule has 1 aromatic carbocycles. The summed E-state index contributed by atoms with van der Waals surface area (Å²) in [6.07, 6.45) is 8.20. The van der Waals surface area contributed by atoms with Gasteiger partial charge in [-0.3, -0.25) is 4.98 Å². The number of fused-ring (bicyclic) bond motifs is 1. The second-order valence-electron chi connectivity index (χ2n) is 5.23. The van der Waals surface area contributed by atoms with E-state index < -0.39 is 0 Å². The first kappa shape index (κ1) is 19.7. The molecule has 1 heterocycles. The summed E-state index contributed by atoms with van der Waals surface area (Å²) in [5.74, 6) is 0. The maximum atomic E-state index is 7.00. The molecule has 0 unspecified atom stereocenters. The van der Waals surface area contributed by atoms with Crippen molar-refractivity contribution in [2.45, 2.75) is 52.0 Å². The summed E-state index contributed by atoms with van der Waals surface area (Å²) in [4.78, 5) is 4.39. The number of nitrogens with two attached hydrogens (primary N) is 1. The molecule has 0 spiro atoms. The second-order valence-corrected chi connectivity index (χ2v) is 6.14. The number of nitrogens with zero attached hydrogens (tertiary/aromatic N) is 1. The number of aliphatic hydroxyl groups excluding tert-OH is 1. The normalized spacial score (nSPS) is 14.3. The Morgan fingerprint density at radius 2 is 1.83 bits per heavy atom. The number of aromatic nitrogens is 1. The van der Waals surface area contributed by atoms with Gasteiger partial charge in [0.15, 0.2) is 0 Å². The number of nitrogen functional groups attached to an aromatic ring is 1. The van der Waals surface area contributed by atoms with E-state index in [9.17, 15) is 0 Å². The van der Waals surface area contributed by atoms with Crippen LogP contribution >= 0.6 is 15.9 Å². The van der Waals surface area contributed by atoms with E-state index in [2.05, 4.69) is 32.3 Å². The number of hydrogen-bond acceptors (Lipinski definition) is 4. The standard InChI is InChI=1S/C15H18BrN3.C2H6.CH4O/c16-10-6-7-14-12(8-10)15(13(17)9-18-14)19-11-4-2-1-3-5-11;2*1-2/h6-9,11H,1-5,17H2,(H,18,19);1-2H3;2H,1H3. The molecule has 128 valence electrons. The van der Waals surface area contributed by atoms with E-state index in [1.807, 2.05) is 26.0 Å². The fraction of sp³-hybridized carbons (Fsp3) is 0.500. The molecule has 0 radical (unpaired) electrons. The molecule has 5 heteroatoms. The van der Waals surface area contributed by atoms with E-state index in [1.165, 1.54) is 32.1 Å². The van der Waals surface area contributed by atoms with Gasteiger partial charge >= 0.3 is 0 Å². The molecule has 0 atom stereocenters. The highest BCUT2D eigenvalue weighted by Gasteiger charge is 2.16. The fourth-order valence-electron chi connectivity index (χ4n) is 2.79. The first-order valence-corrected chi connectivity index (χ1v) is 9.08. The van der Waals surface area contributed by atoms with Crippen LogP contribution in [0.3, 0.4) is 0 Å². The number of rotatable bonds is 2. The molecule has 4 N–H and O–H groups in total. The average Bonchev–Trinajstić information content (AvgIpc) is 2.62. The minimum atomic E-state index is 0.542. The number of benzene rings is 1. The molecule has 0 saturated heterocycles. The van der Waals surface area contributed by atoms with Crippen molar-refractivity contribution in [3.63, 3.8) is 0 Å². The number of anilines is 2. The van der Waals surface area contributed by atoms with Gasteiger partial charge < -0.3 is 16.2 Å². The molecule has 2 aromatic rings. The van der Waals surface area contributed by atoms with E-state index in [0.29, 0.717) is 6.04 Å². The van der Waals surface area contributed by atoms with Gasteiger partial charge in [-0.05, 0) is 31.0 Å². The van der Waals surface area contributed by atoms with Gasteiger partial charge in [0.1, 0.15) is 0 Å². The molecule has 0 amide bonds. The van der Waals surface area contributed by atoms with E-state index in [4.69, 9.17) is 10.8 Å². The van der Waals surface area contributed by atoms with Crippen molar-refractivity contribution in [3.8, 4) is 0 Å². The SMILES string of the molecule is CC.CO.Nc1cnc2ccc(Br)cc2c1NC1CCCCC1. The third kappa shape index (κ3) is 5.36. The Bertz CT molecular complexity index is 593. The molecule has 0 bridgehead atoms. The maximum Gasteiger partial charge on any atom is 0.0743 e. The Kier molecular flexibility index (Phi) is 8.95. The van der Waals surface area contributed by atoms with Crippen LogP contribution in [-0.2, 0) is 0 Å². The van der Waals surface area contributed by atoms with Gasteiger partial charge in [-0.25, -0.2) is 0 Å². The van der Waals surface area contributed by atoms with Crippen LogP contribution in [0.4, 0.5) is 11.4 Å². The summed E-state index contributed by atoms with van der Waals surface area (Å²) < 4.78 is 1.05. The summed E-state index contributed by atoms with van der Waals surface area (Å²) in [6.45, 7) is 4.00. The Morgan fingerprint density at radius 1 is 1.17 bits per heavy atom. The third-order valence-corrected chi connectivity index (χ3v) is 4.31. The molecule has 1 aliphatic rings. The number of hydrogen-bond donors (Lipinski definition) is 3. The summed E-state index contributed by atoms with van der Waals surface area (Å²) in [6, 6.07) is 6.66. The fourth-order valence-corrected chi connectivity index (χ4v) is 3.15. The lowest BCUT2D eigenvalue weighted by Crippen LogP contribution is -2.23. The molecule has 1 fully saturated rings. The van der Waals surface area contributed by atoms with Crippen LogP contribution in [0, 0.1) is 0 Å². The molecule has 0 aliphatic heterocycles. The van der Waals surface area contributed by atoms with Gasteiger partial charge in [-0.15, -0.1) is 0 Å². The quantitative estimate of drug-likeness (QED) is 0.687. The van der Waals surface area contributed by atoms with Crippen LogP contribution < -0.4 is 11.1 Å². The van der Waals surface area contributed by atoms with Crippen LogP contribution in [0.2, 0.25) is 0 Å². The van der Waals surface area contributed by atoms with Crippen LogP contribution in [-0.4, -0.2) is 23.2 Å². The van der Waals surface area contributed by atoms with Crippen molar-refractivity contribution in [3.05, 3.63) is 28.9 Å². The lowest BCUT2D eigenvalue weighted by molar-refractivity contribution is 0.399. The van der Waals surface area contributed by atoms with E-state index in [-0.39, 0.29) is 0 Å². The van der Waals surface area contributed by atoms with Gasteiger partial charge in [-0.2, -0.15) is 0 Å². The highest BCUT2D eigenvalue weighted by molar-refractivity contribution is 9.10. The molecule has 1 aliphatic carbocycles. The monoisotopic (exact) mass is 381 g/mol.